The third-order valence-electron chi connectivity index (χ3n) is 4.40. The Hall–Kier alpha value is -3.74. The number of aryl methyl sites for hydroxylation is 1. The van der Waals surface area contributed by atoms with E-state index in [9.17, 15) is 14.4 Å². The first-order chi connectivity index (χ1) is 13.9. The molecule has 1 aromatic heterocycles. The molecule has 0 saturated carbocycles. The number of esters is 1. The molecule has 0 aliphatic carbocycles. The monoisotopic (exact) mass is 391 g/mol. The fourth-order valence-corrected chi connectivity index (χ4v) is 2.79. The van der Waals surface area contributed by atoms with E-state index >= 15 is 0 Å². The molecule has 1 heterocycles. The van der Waals surface area contributed by atoms with Gasteiger partial charge in [0.15, 0.2) is 11.9 Å². The molecule has 7 heteroatoms. The van der Waals surface area contributed by atoms with E-state index in [-0.39, 0.29) is 5.78 Å². The lowest BCUT2D eigenvalue weighted by atomic mass is 10.1. The lowest BCUT2D eigenvalue weighted by molar-refractivity contribution is -0.123. The molecule has 0 aliphatic heterocycles. The van der Waals surface area contributed by atoms with Gasteiger partial charge in [-0.25, -0.2) is 9.48 Å². The molecule has 3 rings (SSSR count). The van der Waals surface area contributed by atoms with Gasteiger partial charge in [0.25, 0.3) is 5.91 Å². The van der Waals surface area contributed by atoms with Crippen molar-refractivity contribution in [1.29, 1.82) is 0 Å². The molecule has 0 saturated heterocycles. The largest absolute Gasteiger partial charge is 0.449 e. The predicted molar refractivity (Wildman–Crippen MR) is 108 cm³/mol. The smallest absolute Gasteiger partial charge is 0.338 e. The fourth-order valence-electron chi connectivity index (χ4n) is 2.79. The topological polar surface area (TPSA) is 90.3 Å². The van der Waals surface area contributed by atoms with E-state index in [1.165, 1.54) is 13.8 Å². The van der Waals surface area contributed by atoms with Gasteiger partial charge in [0.1, 0.15) is 0 Å². The van der Waals surface area contributed by atoms with Crippen molar-refractivity contribution in [2.24, 2.45) is 0 Å². The van der Waals surface area contributed by atoms with E-state index in [0.717, 1.165) is 11.4 Å². The summed E-state index contributed by atoms with van der Waals surface area (Å²) in [5.41, 5.74) is 2.88. The first-order valence-electron chi connectivity index (χ1n) is 9.09. The number of hydrogen-bond donors (Lipinski definition) is 1. The Kier molecular flexibility index (Phi) is 5.87. The van der Waals surface area contributed by atoms with Crippen LogP contribution >= 0.6 is 0 Å². The summed E-state index contributed by atoms with van der Waals surface area (Å²) in [6.45, 7) is 4.83. The van der Waals surface area contributed by atoms with E-state index in [1.807, 2.05) is 13.0 Å². The lowest BCUT2D eigenvalue weighted by Gasteiger charge is -2.15. The Morgan fingerprint density at radius 2 is 1.72 bits per heavy atom. The van der Waals surface area contributed by atoms with Crippen LogP contribution < -0.4 is 5.32 Å². The zero-order chi connectivity index (χ0) is 21.0. The van der Waals surface area contributed by atoms with Crippen LogP contribution in [0.1, 0.15) is 40.3 Å². The van der Waals surface area contributed by atoms with Crippen LogP contribution in [0.2, 0.25) is 0 Å². The second-order valence-electron chi connectivity index (χ2n) is 6.57. The average Bonchev–Trinajstić information content (AvgIpc) is 3.14. The Morgan fingerprint density at radius 3 is 2.34 bits per heavy atom. The Bertz CT molecular complexity index is 1050. The third kappa shape index (κ3) is 4.57. The van der Waals surface area contributed by atoms with E-state index in [4.69, 9.17) is 4.74 Å². The number of nitrogens with one attached hydrogen (secondary N) is 1. The van der Waals surface area contributed by atoms with Crippen LogP contribution in [-0.4, -0.2) is 33.5 Å². The number of nitrogens with zero attached hydrogens (tertiary/aromatic N) is 2. The Labute approximate surface area is 168 Å². The number of benzene rings is 2. The molecule has 0 spiro atoms. The first kappa shape index (κ1) is 20.0. The number of hydrogen-bond acceptors (Lipinski definition) is 5. The number of carbonyl (C=O) groups is 3. The van der Waals surface area contributed by atoms with Gasteiger partial charge in [-0.15, -0.1) is 0 Å². The highest BCUT2D eigenvalue weighted by Gasteiger charge is 2.20. The minimum atomic E-state index is -1.03. The summed E-state index contributed by atoms with van der Waals surface area (Å²) < 4.78 is 7.01. The summed E-state index contributed by atoms with van der Waals surface area (Å²) in [5.74, 6) is -1.30. The van der Waals surface area contributed by atoms with Crippen molar-refractivity contribution in [3.63, 3.8) is 0 Å². The molecule has 0 unspecified atom stereocenters. The molecule has 0 aliphatic rings. The van der Waals surface area contributed by atoms with Crippen molar-refractivity contribution < 1.29 is 19.1 Å². The van der Waals surface area contributed by atoms with Crippen LogP contribution in [0, 0.1) is 6.92 Å². The van der Waals surface area contributed by atoms with Crippen molar-refractivity contribution in [3.8, 4) is 5.69 Å². The quantitative estimate of drug-likeness (QED) is 0.512. The predicted octanol–water partition coefficient (Wildman–Crippen LogP) is 3.57. The van der Waals surface area contributed by atoms with Crippen LogP contribution in [0.15, 0.2) is 60.8 Å². The third-order valence-corrected chi connectivity index (χ3v) is 4.40. The van der Waals surface area contributed by atoms with Crippen molar-refractivity contribution in [1.82, 2.24) is 9.78 Å². The molecule has 1 N–H and O–H groups in total. The minimum absolute atomic E-state index is 0.168. The number of Topliss-reactive ketones (excluding diaryl/α,β-unsaturated/α-hetero) is 1. The standard InChI is InChI=1S/C22H21N3O4/c1-14-12-13-23-25(14)18-10-8-17(9-11-18)22(28)29-16(3)21(27)24-20-7-5-4-6-19(20)15(2)26/h4-13,16H,1-3H3,(H,24,27)/t16-/m1/s1. The molecule has 0 bridgehead atoms. The van der Waals surface area contributed by atoms with Crippen LogP contribution in [0.4, 0.5) is 5.69 Å². The average molecular weight is 391 g/mol. The molecule has 7 nitrogen and oxygen atoms in total. The van der Waals surface area contributed by atoms with E-state index in [0.29, 0.717) is 16.8 Å². The van der Waals surface area contributed by atoms with Gasteiger partial charge in [-0.1, -0.05) is 12.1 Å². The van der Waals surface area contributed by atoms with E-state index in [2.05, 4.69) is 10.4 Å². The van der Waals surface area contributed by atoms with Gasteiger partial charge >= 0.3 is 5.97 Å². The number of ketones is 1. The maximum atomic E-state index is 12.4. The molecular weight excluding hydrogens is 370 g/mol. The number of anilines is 1. The van der Waals surface area contributed by atoms with Crippen LogP contribution in [0.3, 0.4) is 0 Å². The van der Waals surface area contributed by atoms with Crippen molar-refractivity contribution >= 4 is 23.3 Å². The summed E-state index contributed by atoms with van der Waals surface area (Å²) in [7, 11) is 0. The summed E-state index contributed by atoms with van der Waals surface area (Å²) in [4.78, 5) is 36.4. The first-order valence-corrected chi connectivity index (χ1v) is 9.09. The highest BCUT2D eigenvalue weighted by Crippen LogP contribution is 2.17. The maximum Gasteiger partial charge on any atom is 0.338 e. The number of amides is 1. The van der Waals surface area contributed by atoms with Gasteiger partial charge in [-0.3, -0.25) is 9.59 Å². The number of aromatic nitrogens is 2. The zero-order valence-electron chi connectivity index (χ0n) is 16.4. The summed E-state index contributed by atoms with van der Waals surface area (Å²) in [6.07, 6.45) is 0.665. The van der Waals surface area contributed by atoms with E-state index in [1.54, 1.807) is 59.4 Å². The van der Waals surface area contributed by atoms with Crippen molar-refractivity contribution in [2.75, 3.05) is 5.32 Å². The zero-order valence-corrected chi connectivity index (χ0v) is 16.4. The lowest BCUT2D eigenvalue weighted by Crippen LogP contribution is -2.30. The Balaban J connectivity index is 1.65. The van der Waals surface area contributed by atoms with E-state index < -0.39 is 18.0 Å². The summed E-state index contributed by atoms with van der Waals surface area (Å²) >= 11 is 0. The molecule has 0 fully saturated rings. The second-order valence-corrected chi connectivity index (χ2v) is 6.57. The van der Waals surface area contributed by atoms with Gasteiger partial charge in [-0.05, 0) is 63.2 Å². The van der Waals surface area contributed by atoms with Gasteiger partial charge in [-0.2, -0.15) is 5.10 Å². The van der Waals surface area contributed by atoms with Gasteiger partial charge in [0.05, 0.1) is 16.9 Å². The SMILES string of the molecule is CC(=O)c1ccccc1NC(=O)[C@@H](C)OC(=O)c1ccc(-n2nccc2C)cc1. The van der Waals surface area contributed by atoms with Crippen molar-refractivity contribution in [2.45, 2.75) is 26.9 Å². The highest BCUT2D eigenvalue weighted by molar-refractivity contribution is 6.05. The molecule has 148 valence electrons. The second kappa shape index (κ2) is 8.52. The molecule has 1 atom stereocenters. The molecule has 29 heavy (non-hydrogen) atoms. The molecule has 3 aromatic rings. The number of para-hydroxylation sites is 1. The molecule has 0 radical (unpaired) electrons. The molecular formula is C22H21N3O4. The van der Waals surface area contributed by atoms with Crippen LogP contribution in [0.25, 0.3) is 5.69 Å². The van der Waals surface area contributed by atoms with Gasteiger partial charge < -0.3 is 10.1 Å². The van der Waals surface area contributed by atoms with Crippen LogP contribution in [0.5, 0.6) is 0 Å². The summed E-state index contributed by atoms with van der Waals surface area (Å²) in [5, 5.41) is 6.85. The summed E-state index contributed by atoms with van der Waals surface area (Å²) in [6, 6.07) is 15.3. The molecule has 2 aromatic carbocycles. The number of carbonyl (C=O) groups excluding carboxylic acids is 3. The number of rotatable bonds is 6. The van der Waals surface area contributed by atoms with Gasteiger partial charge in [0.2, 0.25) is 0 Å². The van der Waals surface area contributed by atoms with Gasteiger partial charge in [0, 0.05) is 17.5 Å². The fraction of sp³-hybridized carbons (Fsp3) is 0.182. The number of ether oxygens (including phenoxy) is 1. The normalized spacial score (nSPS) is 11.6. The van der Waals surface area contributed by atoms with Crippen molar-refractivity contribution in [3.05, 3.63) is 77.6 Å². The molecule has 1 amide bonds. The maximum absolute atomic E-state index is 12.4. The van der Waals surface area contributed by atoms with Crippen LogP contribution in [-0.2, 0) is 9.53 Å². The highest BCUT2D eigenvalue weighted by atomic mass is 16.5. The Morgan fingerprint density at radius 1 is 1.03 bits per heavy atom. The minimum Gasteiger partial charge on any atom is -0.449 e.